The zero-order chi connectivity index (χ0) is 10.6. The Hall–Kier alpha value is -1.24. The summed E-state index contributed by atoms with van der Waals surface area (Å²) in [5, 5.41) is 0. The maximum Gasteiger partial charge on any atom is 0.126 e. The average molecular weight is 190 g/mol. The van der Waals surface area contributed by atoms with Crippen LogP contribution in [-0.4, -0.2) is 7.11 Å². The maximum atomic E-state index is 5.26. The fraction of sp³-hybridized carbons (Fsp3) is 0.385. The van der Waals surface area contributed by atoms with Gasteiger partial charge in [0.05, 0.1) is 7.11 Å². The van der Waals surface area contributed by atoms with E-state index in [0.29, 0.717) is 0 Å². The van der Waals surface area contributed by atoms with Gasteiger partial charge in [0.2, 0.25) is 0 Å². The monoisotopic (exact) mass is 190 g/mol. The molecule has 0 unspecified atom stereocenters. The second-order valence-electron chi connectivity index (χ2n) is 4.44. The zero-order valence-corrected chi connectivity index (χ0v) is 9.37. The number of benzene rings is 1. The van der Waals surface area contributed by atoms with E-state index in [2.05, 4.69) is 39.0 Å². The van der Waals surface area contributed by atoms with Crippen LogP contribution in [0.3, 0.4) is 0 Å². The van der Waals surface area contributed by atoms with Crippen LogP contribution in [0.1, 0.15) is 26.3 Å². The number of ether oxygens (including phenoxy) is 1. The minimum Gasteiger partial charge on any atom is -0.496 e. The highest BCUT2D eigenvalue weighted by atomic mass is 16.5. The molecule has 0 radical (unpaired) electrons. The highest BCUT2D eigenvalue weighted by Gasteiger charge is 2.04. The van der Waals surface area contributed by atoms with Gasteiger partial charge in [-0.25, -0.2) is 0 Å². The molecule has 1 rings (SSSR count). The number of hydrogen-bond acceptors (Lipinski definition) is 1. The molecule has 0 heterocycles. The van der Waals surface area contributed by atoms with Gasteiger partial charge in [-0.15, -0.1) is 0 Å². The minimum absolute atomic E-state index is 0.209. The van der Waals surface area contributed by atoms with E-state index >= 15 is 0 Å². The van der Waals surface area contributed by atoms with Crippen molar-refractivity contribution in [3.8, 4) is 5.75 Å². The molecule has 0 aliphatic carbocycles. The normalized spacial score (nSPS) is 12.0. The molecule has 0 saturated heterocycles. The lowest BCUT2D eigenvalue weighted by Crippen LogP contribution is -1.98. The molecule has 0 saturated carbocycles. The Balaban J connectivity index is 2.91. The predicted octanol–water partition coefficient (Wildman–Crippen LogP) is 3.75. The minimum atomic E-state index is 0.209. The van der Waals surface area contributed by atoms with E-state index in [1.54, 1.807) is 7.11 Å². The van der Waals surface area contributed by atoms with Crippen LogP contribution in [0, 0.1) is 5.41 Å². The topological polar surface area (TPSA) is 9.23 Å². The summed E-state index contributed by atoms with van der Waals surface area (Å²) >= 11 is 0. The number of hydrogen-bond donors (Lipinski definition) is 0. The van der Waals surface area contributed by atoms with Crippen molar-refractivity contribution in [3.05, 3.63) is 35.9 Å². The molecule has 1 nitrogen and oxygen atoms in total. The van der Waals surface area contributed by atoms with Crippen LogP contribution < -0.4 is 4.74 Å². The van der Waals surface area contributed by atoms with Crippen molar-refractivity contribution < 1.29 is 4.74 Å². The first-order valence-corrected chi connectivity index (χ1v) is 4.85. The highest BCUT2D eigenvalue weighted by molar-refractivity contribution is 5.57. The first kappa shape index (κ1) is 10.8. The number of methoxy groups -OCH3 is 1. The third-order valence-corrected chi connectivity index (χ3v) is 1.90. The smallest absolute Gasteiger partial charge is 0.126 e. The summed E-state index contributed by atoms with van der Waals surface area (Å²) in [6, 6.07) is 8.03. The van der Waals surface area contributed by atoms with Crippen molar-refractivity contribution in [2.45, 2.75) is 20.8 Å². The van der Waals surface area contributed by atoms with E-state index in [4.69, 9.17) is 4.74 Å². The third-order valence-electron chi connectivity index (χ3n) is 1.90. The van der Waals surface area contributed by atoms with E-state index in [1.165, 1.54) is 0 Å². The molecule has 0 fully saturated rings. The van der Waals surface area contributed by atoms with Crippen LogP contribution >= 0.6 is 0 Å². The van der Waals surface area contributed by atoms with Crippen molar-refractivity contribution in [2.24, 2.45) is 5.41 Å². The molecule has 0 atom stereocenters. The van der Waals surface area contributed by atoms with E-state index in [-0.39, 0.29) is 5.41 Å². The Labute approximate surface area is 86.4 Å². The van der Waals surface area contributed by atoms with Crippen LogP contribution in [0.15, 0.2) is 30.3 Å². The quantitative estimate of drug-likeness (QED) is 0.690. The van der Waals surface area contributed by atoms with E-state index < -0.39 is 0 Å². The third kappa shape index (κ3) is 3.25. The van der Waals surface area contributed by atoms with Crippen LogP contribution in [0.25, 0.3) is 6.08 Å². The summed E-state index contributed by atoms with van der Waals surface area (Å²) in [4.78, 5) is 0. The lowest BCUT2D eigenvalue weighted by atomic mass is 9.95. The van der Waals surface area contributed by atoms with E-state index in [0.717, 1.165) is 11.3 Å². The summed E-state index contributed by atoms with van der Waals surface area (Å²) < 4.78 is 5.26. The Morgan fingerprint density at radius 2 is 1.79 bits per heavy atom. The van der Waals surface area contributed by atoms with Gasteiger partial charge in [-0.3, -0.25) is 0 Å². The average Bonchev–Trinajstić information content (AvgIpc) is 2.14. The fourth-order valence-corrected chi connectivity index (χ4v) is 1.14. The lowest BCUT2D eigenvalue weighted by Gasteiger charge is -2.11. The van der Waals surface area contributed by atoms with Crippen LogP contribution in [-0.2, 0) is 0 Å². The van der Waals surface area contributed by atoms with Gasteiger partial charge in [0.25, 0.3) is 0 Å². The van der Waals surface area contributed by atoms with Crippen molar-refractivity contribution in [1.82, 2.24) is 0 Å². The Morgan fingerprint density at radius 3 is 2.36 bits per heavy atom. The maximum absolute atomic E-state index is 5.26. The van der Waals surface area contributed by atoms with E-state index in [9.17, 15) is 0 Å². The summed E-state index contributed by atoms with van der Waals surface area (Å²) in [5.41, 5.74) is 1.34. The molecular formula is C13H18O. The second-order valence-corrected chi connectivity index (χ2v) is 4.44. The first-order valence-electron chi connectivity index (χ1n) is 4.85. The largest absolute Gasteiger partial charge is 0.496 e. The molecule has 76 valence electrons. The molecule has 0 aliphatic heterocycles. The van der Waals surface area contributed by atoms with E-state index in [1.807, 2.05) is 18.2 Å². The lowest BCUT2D eigenvalue weighted by molar-refractivity contribution is 0.414. The molecule has 14 heavy (non-hydrogen) atoms. The van der Waals surface area contributed by atoms with Gasteiger partial charge in [0.1, 0.15) is 5.75 Å². The molecular weight excluding hydrogens is 172 g/mol. The Morgan fingerprint density at radius 1 is 1.14 bits per heavy atom. The highest BCUT2D eigenvalue weighted by Crippen LogP contribution is 2.22. The van der Waals surface area contributed by atoms with Gasteiger partial charge in [-0.1, -0.05) is 51.1 Å². The van der Waals surface area contributed by atoms with Gasteiger partial charge in [0, 0.05) is 5.56 Å². The second kappa shape index (κ2) is 4.32. The molecule has 0 N–H and O–H groups in total. The number of rotatable bonds is 2. The van der Waals surface area contributed by atoms with Crippen molar-refractivity contribution in [2.75, 3.05) is 7.11 Å². The van der Waals surface area contributed by atoms with Crippen molar-refractivity contribution in [3.63, 3.8) is 0 Å². The fourth-order valence-electron chi connectivity index (χ4n) is 1.14. The number of allylic oxidation sites excluding steroid dienone is 1. The summed E-state index contributed by atoms with van der Waals surface area (Å²) in [6.45, 7) is 6.54. The Kier molecular flexibility index (Phi) is 3.34. The first-order chi connectivity index (χ1) is 6.53. The molecule has 0 amide bonds. The molecule has 0 spiro atoms. The molecule has 0 aliphatic rings. The van der Waals surface area contributed by atoms with Crippen molar-refractivity contribution >= 4 is 6.08 Å². The molecule has 1 aromatic rings. The molecule has 0 bridgehead atoms. The van der Waals surface area contributed by atoms with Crippen LogP contribution in [0.2, 0.25) is 0 Å². The van der Waals surface area contributed by atoms with Gasteiger partial charge >= 0.3 is 0 Å². The summed E-state index contributed by atoms with van der Waals surface area (Å²) in [6.07, 6.45) is 4.30. The SMILES string of the molecule is COc1ccccc1/C=C/C(C)(C)C. The van der Waals surface area contributed by atoms with Crippen LogP contribution in [0.5, 0.6) is 5.75 Å². The van der Waals surface area contributed by atoms with Gasteiger partial charge in [-0.2, -0.15) is 0 Å². The van der Waals surface area contributed by atoms with Crippen LogP contribution in [0.4, 0.5) is 0 Å². The zero-order valence-electron chi connectivity index (χ0n) is 9.37. The number of para-hydroxylation sites is 1. The van der Waals surface area contributed by atoms with Gasteiger partial charge in [-0.05, 0) is 11.5 Å². The van der Waals surface area contributed by atoms with Gasteiger partial charge in [0.15, 0.2) is 0 Å². The molecule has 1 aromatic carbocycles. The van der Waals surface area contributed by atoms with Gasteiger partial charge < -0.3 is 4.74 Å². The summed E-state index contributed by atoms with van der Waals surface area (Å²) in [7, 11) is 1.70. The summed E-state index contributed by atoms with van der Waals surface area (Å²) in [5.74, 6) is 0.924. The predicted molar refractivity (Wildman–Crippen MR) is 61.5 cm³/mol. The molecule has 0 aromatic heterocycles. The standard InChI is InChI=1S/C13H18O/c1-13(2,3)10-9-11-7-5-6-8-12(11)14-4/h5-10H,1-4H3/b10-9+. The molecule has 1 heteroatoms. The Bertz CT molecular complexity index is 318. The van der Waals surface area contributed by atoms with Crippen molar-refractivity contribution in [1.29, 1.82) is 0 Å².